The maximum Gasteiger partial charge on any atom is 0.149 e. The Labute approximate surface area is 109 Å². The average molecular weight is 266 g/mol. The molecule has 0 bridgehead atoms. The molecule has 2 rings (SSSR count). The number of thiazole rings is 1. The Bertz CT molecular complexity index is 446. The summed E-state index contributed by atoms with van der Waals surface area (Å²) in [5.74, 6) is 1.78. The Morgan fingerprint density at radius 3 is 3.00 bits per heavy atom. The van der Waals surface area contributed by atoms with Crippen molar-refractivity contribution in [3.8, 4) is 5.75 Å². The predicted octanol–water partition coefficient (Wildman–Crippen LogP) is 2.77. The quantitative estimate of drug-likeness (QED) is 0.645. The fraction of sp³-hybridized carbons (Fsp3) is 0.250. The summed E-state index contributed by atoms with van der Waals surface area (Å²) in [6.45, 7) is 1.18. The van der Waals surface area contributed by atoms with Gasteiger partial charge in [-0.1, -0.05) is 30.0 Å². The van der Waals surface area contributed by atoms with Crippen molar-refractivity contribution in [3.05, 3.63) is 41.4 Å². The largest absolute Gasteiger partial charge is 0.492 e. The molecule has 5 heteroatoms. The van der Waals surface area contributed by atoms with Crippen LogP contribution in [0.5, 0.6) is 5.75 Å². The molecule has 0 fully saturated rings. The van der Waals surface area contributed by atoms with Crippen LogP contribution >= 0.6 is 23.1 Å². The Morgan fingerprint density at radius 2 is 2.24 bits per heavy atom. The topological polar surface area (TPSA) is 48.1 Å². The van der Waals surface area contributed by atoms with E-state index in [1.807, 2.05) is 35.8 Å². The lowest BCUT2D eigenvalue weighted by Gasteiger charge is -2.09. The first-order chi connectivity index (χ1) is 8.40. The van der Waals surface area contributed by atoms with Gasteiger partial charge in [-0.15, -0.1) is 11.3 Å². The van der Waals surface area contributed by atoms with Crippen LogP contribution in [0.2, 0.25) is 0 Å². The highest BCUT2D eigenvalue weighted by atomic mass is 32.2. The van der Waals surface area contributed by atoms with E-state index in [0.29, 0.717) is 13.2 Å². The van der Waals surface area contributed by atoms with Crippen molar-refractivity contribution in [1.82, 2.24) is 4.98 Å². The first-order valence-corrected chi connectivity index (χ1v) is 7.19. The number of nitrogens with zero attached hydrogens (tertiary/aromatic N) is 1. The van der Waals surface area contributed by atoms with Crippen molar-refractivity contribution in [2.24, 2.45) is 5.73 Å². The lowest BCUT2D eigenvalue weighted by atomic mass is 10.2. The van der Waals surface area contributed by atoms with E-state index >= 15 is 0 Å². The van der Waals surface area contributed by atoms with Crippen LogP contribution in [0.15, 0.2) is 40.2 Å². The second-order valence-corrected chi connectivity index (χ2v) is 5.54. The normalized spacial score (nSPS) is 10.4. The zero-order valence-corrected chi connectivity index (χ0v) is 11.0. The molecule has 0 saturated heterocycles. The van der Waals surface area contributed by atoms with E-state index in [1.54, 1.807) is 23.1 Å². The van der Waals surface area contributed by atoms with E-state index in [4.69, 9.17) is 10.5 Å². The number of aromatic nitrogens is 1. The van der Waals surface area contributed by atoms with Gasteiger partial charge in [0.2, 0.25) is 0 Å². The Balaban J connectivity index is 1.78. The molecule has 90 valence electrons. The highest BCUT2D eigenvalue weighted by molar-refractivity contribution is 8.01. The van der Waals surface area contributed by atoms with Crippen LogP contribution in [0, 0.1) is 0 Å². The van der Waals surface area contributed by atoms with Crippen molar-refractivity contribution < 1.29 is 4.74 Å². The van der Waals surface area contributed by atoms with E-state index < -0.39 is 0 Å². The van der Waals surface area contributed by atoms with Crippen LogP contribution in [0.3, 0.4) is 0 Å². The van der Waals surface area contributed by atoms with Crippen molar-refractivity contribution in [2.75, 3.05) is 12.4 Å². The van der Waals surface area contributed by atoms with Gasteiger partial charge in [-0.3, -0.25) is 0 Å². The molecule has 0 spiro atoms. The summed E-state index contributed by atoms with van der Waals surface area (Å²) in [5.41, 5.74) is 6.69. The maximum atomic E-state index is 5.70. The van der Waals surface area contributed by atoms with Crippen molar-refractivity contribution in [3.63, 3.8) is 0 Å². The lowest BCUT2D eigenvalue weighted by Crippen LogP contribution is -2.05. The van der Waals surface area contributed by atoms with Crippen LogP contribution in [-0.2, 0) is 6.54 Å². The standard InChI is InChI=1S/C12H14N2OS2/c13-9-10-3-1-2-4-11(10)15-6-8-17-12-14-5-7-16-12/h1-5,7H,6,8-9,13H2. The third-order valence-electron chi connectivity index (χ3n) is 2.17. The maximum absolute atomic E-state index is 5.70. The summed E-state index contributed by atoms with van der Waals surface area (Å²) in [6.07, 6.45) is 1.82. The number of para-hydroxylation sites is 1. The molecule has 1 aromatic carbocycles. The first kappa shape index (κ1) is 12.4. The number of thioether (sulfide) groups is 1. The molecule has 0 saturated carbocycles. The molecule has 0 unspecified atom stereocenters. The molecule has 1 aromatic heterocycles. The zero-order valence-electron chi connectivity index (χ0n) is 9.33. The molecule has 0 aliphatic carbocycles. The van der Waals surface area contributed by atoms with Gasteiger partial charge < -0.3 is 10.5 Å². The van der Waals surface area contributed by atoms with E-state index in [9.17, 15) is 0 Å². The van der Waals surface area contributed by atoms with Crippen molar-refractivity contribution in [1.29, 1.82) is 0 Å². The number of hydrogen-bond acceptors (Lipinski definition) is 5. The molecular weight excluding hydrogens is 252 g/mol. The Morgan fingerprint density at radius 1 is 1.35 bits per heavy atom. The summed E-state index contributed by atoms with van der Waals surface area (Å²) in [7, 11) is 0. The highest BCUT2D eigenvalue weighted by Crippen LogP contribution is 2.21. The minimum absolute atomic E-state index is 0.510. The second kappa shape index (κ2) is 6.64. The van der Waals surface area contributed by atoms with Crippen LogP contribution in [0.1, 0.15) is 5.56 Å². The average Bonchev–Trinajstić information content (AvgIpc) is 2.88. The van der Waals surface area contributed by atoms with Crippen LogP contribution in [0.25, 0.3) is 0 Å². The second-order valence-electron chi connectivity index (χ2n) is 3.31. The van der Waals surface area contributed by atoms with E-state index in [-0.39, 0.29) is 0 Å². The van der Waals surface area contributed by atoms with Gasteiger partial charge >= 0.3 is 0 Å². The molecule has 0 amide bonds. The number of rotatable bonds is 6. The predicted molar refractivity (Wildman–Crippen MR) is 72.7 cm³/mol. The van der Waals surface area contributed by atoms with Crippen LogP contribution < -0.4 is 10.5 Å². The molecule has 0 radical (unpaired) electrons. The highest BCUT2D eigenvalue weighted by Gasteiger charge is 2.01. The molecule has 0 atom stereocenters. The molecule has 2 aromatic rings. The van der Waals surface area contributed by atoms with Gasteiger partial charge in [0.25, 0.3) is 0 Å². The van der Waals surface area contributed by atoms with Gasteiger partial charge in [0, 0.05) is 29.4 Å². The first-order valence-electron chi connectivity index (χ1n) is 5.33. The lowest BCUT2D eigenvalue weighted by molar-refractivity contribution is 0.340. The minimum atomic E-state index is 0.510. The number of hydrogen-bond donors (Lipinski definition) is 1. The smallest absolute Gasteiger partial charge is 0.149 e. The van der Waals surface area contributed by atoms with E-state index in [1.165, 1.54) is 0 Å². The van der Waals surface area contributed by atoms with Gasteiger partial charge in [-0.05, 0) is 6.07 Å². The number of benzene rings is 1. The SMILES string of the molecule is NCc1ccccc1OCCSc1nccs1. The summed E-state index contributed by atoms with van der Waals surface area (Å²) >= 11 is 3.36. The summed E-state index contributed by atoms with van der Waals surface area (Å²) in [5, 5.41) is 1.98. The molecule has 0 aliphatic rings. The Hall–Kier alpha value is -1.04. The monoisotopic (exact) mass is 266 g/mol. The van der Waals surface area contributed by atoms with Gasteiger partial charge in [0.05, 0.1) is 6.61 Å². The van der Waals surface area contributed by atoms with E-state index in [2.05, 4.69) is 4.98 Å². The van der Waals surface area contributed by atoms with Gasteiger partial charge in [-0.2, -0.15) is 0 Å². The molecule has 2 N–H and O–H groups in total. The fourth-order valence-electron chi connectivity index (χ4n) is 1.38. The molecule has 1 heterocycles. The van der Waals surface area contributed by atoms with Gasteiger partial charge in [0.15, 0.2) is 0 Å². The van der Waals surface area contributed by atoms with Crippen LogP contribution in [-0.4, -0.2) is 17.3 Å². The van der Waals surface area contributed by atoms with Gasteiger partial charge in [-0.25, -0.2) is 4.98 Å². The molecular formula is C12H14N2OS2. The summed E-state index contributed by atoms with van der Waals surface area (Å²) < 4.78 is 6.79. The van der Waals surface area contributed by atoms with Crippen LogP contribution in [0.4, 0.5) is 0 Å². The third-order valence-corrected chi connectivity index (χ3v) is 4.10. The molecule has 0 aliphatic heterocycles. The van der Waals surface area contributed by atoms with E-state index in [0.717, 1.165) is 21.4 Å². The third kappa shape index (κ3) is 3.73. The molecule has 3 nitrogen and oxygen atoms in total. The molecule has 17 heavy (non-hydrogen) atoms. The Kier molecular flexibility index (Phi) is 4.85. The minimum Gasteiger partial charge on any atom is -0.492 e. The number of ether oxygens (including phenoxy) is 1. The van der Waals surface area contributed by atoms with Crippen molar-refractivity contribution >= 4 is 23.1 Å². The van der Waals surface area contributed by atoms with Gasteiger partial charge in [0.1, 0.15) is 10.1 Å². The zero-order chi connectivity index (χ0) is 11.9. The summed E-state index contributed by atoms with van der Waals surface area (Å²) in [6, 6.07) is 7.88. The fourth-order valence-corrected chi connectivity index (χ4v) is 2.90. The van der Waals surface area contributed by atoms with Crippen molar-refractivity contribution in [2.45, 2.75) is 10.9 Å². The number of nitrogens with two attached hydrogens (primary N) is 1. The summed E-state index contributed by atoms with van der Waals surface area (Å²) in [4.78, 5) is 4.20.